The van der Waals surface area contributed by atoms with Crippen LogP contribution < -0.4 is 10.5 Å². The summed E-state index contributed by atoms with van der Waals surface area (Å²) < 4.78 is 19.0. The highest BCUT2D eigenvalue weighted by atomic mass is 19.1. The molecule has 0 aliphatic carbocycles. The molecule has 0 fully saturated rings. The highest BCUT2D eigenvalue weighted by Gasteiger charge is 2.18. The first-order chi connectivity index (χ1) is 9.08. The zero-order valence-electron chi connectivity index (χ0n) is 11.1. The number of rotatable bonds is 4. The van der Waals surface area contributed by atoms with Crippen molar-refractivity contribution >= 4 is 0 Å². The number of aryl methyl sites for hydroxylation is 1. The summed E-state index contributed by atoms with van der Waals surface area (Å²) in [4.78, 5) is 0. The Bertz CT molecular complexity index is 537. The third kappa shape index (κ3) is 3.32. The van der Waals surface area contributed by atoms with E-state index in [-0.39, 0.29) is 18.0 Å². The van der Waals surface area contributed by atoms with Crippen molar-refractivity contribution in [2.75, 3.05) is 0 Å². The van der Waals surface area contributed by atoms with Crippen LogP contribution >= 0.6 is 0 Å². The van der Waals surface area contributed by atoms with E-state index in [2.05, 4.69) is 0 Å². The molecule has 0 aromatic heterocycles. The van der Waals surface area contributed by atoms with E-state index >= 15 is 0 Å². The summed E-state index contributed by atoms with van der Waals surface area (Å²) in [7, 11) is 0. The monoisotopic (exact) mass is 259 g/mol. The van der Waals surface area contributed by atoms with E-state index in [9.17, 15) is 4.39 Å². The lowest BCUT2D eigenvalue weighted by atomic mass is 10.0. The molecule has 0 bridgehead atoms. The minimum Gasteiger partial charge on any atom is -0.484 e. The number of halogens is 1. The Morgan fingerprint density at radius 1 is 1.05 bits per heavy atom. The largest absolute Gasteiger partial charge is 0.484 e. The maximum Gasteiger partial charge on any atom is 0.138 e. The average Bonchev–Trinajstić information content (AvgIpc) is 2.39. The summed E-state index contributed by atoms with van der Waals surface area (Å²) >= 11 is 0. The van der Waals surface area contributed by atoms with Crippen LogP contribution in [0.1, 0.15) is 24.2 Å². The number of hydrogen-bond donors (Lipinski definition) is 1. The molecule has 0 aliphatic heterocycles. The summed E-state index contributed by atoms with van der Waals surface area (Å²) in [5, 5.41) is 0. The molecule has 100 valence electrons. The van der Waals surface area contributed by atoms with Crippen LogP contribution in [-0.2, 0) is 0 Å². The molecule has 2 nitrogen and oxygen atoms in total. The van der Waals surface area contributed by atoms with Gasteiger partial charge < -0.3 is 10.5 Å². The lowest BCUT2D eigenvalue weighted by Gasteiger charge is -2.24. The summed E-state index contributed by atoms with van der Waals surface area (Å²) in [6.45, 7) is 3.87. The van der Waals surface area contributed by atoms with Gasteiger partial charge in [-0.1, -0.05) is 30.3 Å². The predicted octanol–water partition coefficient (Wildman–Crippen LogP) is 3.60. The highest BCUT2D eigenvalue weighted by Crippen LogP contribution is 2.26. The third-order valence-corrected chi connectivity index (χ3v) is 3.02. The van der Waals surface area contributed by atoms with Crippen molar-refractivity contribution in [1.29, 1.82) is 0 Å². The van der Waals surface area contributed by atoms with Crippen molar-refractivity contribution in [1.82, 2.24) is 0 Å². The molecule has 2 aromatic rings. The SMILES string of the molecule is Cc1ccccc1OC(c1ccc(F)cc1)C(C)N. The second-order valence-electron chi connectivity index (χ2n) is 4.71. The molecule has 3 heteroatoms. The molecule has 0 saturated carbocycles. The Morgan fingerprint density at radius 3 is 2.26 bits per heavy atom. The van der Waals surface area contributed by atoms with E-state index in [1.54, 1.807) is 12.1 Å². The Kier molecular flexibility index (Phi) is 4.17. The summed E-state index contributed by atoms with van der Waals surface area (Å²) in [6.07, 6.45) is -0.290. The topological polar surface area (TPSA) is 35.2 Å². The fourth-order valence-electron chi connectivity index (χ4n) is 1.96. The van der Waals surface area contributed by atoms with Crippen LogP contribution in [0.2, 0.25) is 0 Å². The van der Waals surface area contributed by atoms with Gasteiger partial charge in [-0.25, -0.2) is 4.39 Å². The third-order valence-electron chi connectivity index (χ3n) is 3.02. The van der Waals surface area contributed by atoms with E-state index < -0.39 is 0 Å². The molecule has 0 amide bonds. The normalized spacial score (nSPS) is 13.9. The van der Waals surface area contributed by atoms with Gasteiger partial charge >= 0.3 is 0 Å². The van der Waals surface area contributed by atoms with Crippen molar-refractivity contribution in [3.63, 3.8) is 0 Å². The molecule has 0 aliphatic rings. The highest BCUT2D eigenvalue weighted by molar-refractivity contribution is 5.33. The van der Waals surface area contributed by atoms with Gasteiger partial charge in [0.05, 0.1) is 0 Å². The minimum atomic E-state index is -0.290. The van der Waals surface area contributed by atoms with Gasteiger partial charge in [-0.05, 0) is 43.2 Å². The second-order valence-corrected chi connectivity index (χ2v) is 4.71. The van der Waals surface area contributed by atoms with Crippen LogP contribution in [0.4, 0.5) is 4.39 Å². The smallest absolute Gasteiger partial charge is 0.138 e. The number of benzene rings is 2. The number of para-hydroxylation sites is 1. The Balaban J connectivity index is 2.26. The lowest BCUT2D eigenvalue weighted by Crippen LogP contribution is -2.29. The van der Waals surface area contributed by atoms with Crippen LogP contribution in [-0.4, -0.2) is 6.04 Å². The van der Waals surface area contributed by atoms with Crippen LogP contribution in [0.25, 0.3) is 0 Å². The number of hydrogen-bond acceptors (Lipinski definition) is 2. The first-order valence-corrected chi connectivity index (χ1v) is 6.31. The predicted molar refractivity (Wildman–Crippen MR) is 74.6 cm³/mol. The van der Waals surface area contributed by atoms with Crippen molar-refractivity contribution in [3.05, 3.63) is 65.5 Å². The van der Waals surface area contributed by atoms with E-state index in [1.165, 1.54) is 12.1 Å². The molecule has 0 spiro atoms. The molecule has 0 radical (unpaired) electrons. The van der Waals surface area contributed by atoms with Crippen LogP contribution in [0.15, 0.2) is 48.5 Å². The van der Waals surface area contributed by atoms with Gasteiger partial charge in [0.1, 0.15) is 17.7 Å². The Morgan fingerprint density at radius 2 is 1.68 bits per heavy atom. The fourth-order valence-corrected chi connectivity index (χ4v) is 1.96. The van der Waals surface area contributed by atoms with Gasteiger partial charge in [-0.15, -0.1) is 0 Å². The van der Waals surface area contributed by atoms with Crippen LogP contribution in [0, 0.1) is 12.7 Å². The minimum absolute atomic E-state index is 0.190. The molecule has 2 rings (SSSR count). The molecule has 19 heavy (non-hydrogen) atoms. The van der Waals surface area contributed by atoms with E-state index in [0.717, 1.165) is 16.9 Å². The van der Waals surface area contributed by atoms with Crippen molar-refractivity contribution in [2.45, 2.75) is 26.0 Å². The molecule has 2 aromatic carbocycles. The molecule has 0 heterocycles. The number of ether oxygens (including phenoxy) is 1. The first-order valence-electron chi connectivity index (χ1n) is 6.31. The quantitative estimate of drug-likeness (QED) is 0.910. The van der Waals surface area contributed by atoms with E-state index in [4.69, 9.17) is 10.5 Å². The van der Waals surface area contributed by atoms with Gasteiger partial charge in [0, 0.05) is 6.04 Å². The lowest BCUT2D eigenvalue weighted by molar-refractivity contribution is 0.179. The van der Waals surface area contributed by atoms with Crippen molar-refractivity contribution in [2.24, 2.45) is 5.73 Å². The van der Waals surface area contributed by atoms with Gasteiger partial charge in [0.2, 0.25) is 0 Å². The molecule has 0 saturated heterocycles. The van der Waals surface area contributed by atoms with Gasteiger partial charge in [-0.2, -0.15) is 0 Å². The molecular formula is C16H18FNO. The standard InChI is InChI=1S/C16H18FNO/c1-11-5-3-4-6-15(11)19-16(12(2)18)13-7-9-14(17)10-8-13/h3-10,12,16H,18H2,1-2H3. The maximum atomic E-state index is 13.0. The summed E-state index contributed by atoms with van der Waals surface area (Å²) in [5.74, 6) is 0.539. The van der Waals surface area contributed by atoms with E-state index in [0.29, 0.717) is 0 Å². The zero-order chi connectivity index (χ0) is 13.8. The zero-order valence-corrected chi connectivity index (χ0v) is 11.1. The first kappa shape index (κ1) is 13.6. The Hall–Kier alpha value is -1.87. The molecule has 2 atom stereocenters. The molecular weight excluding hydrogens is 241 g/mol. The Labute approximate surface area is 113 Å². The van der Waals surface area contributed by atoms with Crippen molar-refractivity contribution in [3.8, 4) is 5.75 Å². The van der Waals surface area contributed by atoms with Crippen molar-refractivity contribution < 1.29 is 9.13 Å². The van der Waals surface area contributed by atoms with Gasteiger partial charge in [-0.3, -0.25) is 0 Å². The fraction of sp³-hybridized carbons (Fsp3) is 0.250. The van der Waals surface area contributed by atoms with Crippen LogP contribution in [0.3, 0.4) is 0 Å². The number of nitrogens with two attached hydrogens (primary N) is 1. The molecule has 2 N–H and O–H groups in total. The van der Waals surface area contributed by atoms with Gasteiger partial charge in [0.25, 0.3) is 0 Å². The average molecular weight is 259 g/mol. The molecule has 2 unspecified atom stereocenters. The summed E-state index contributed by atoms with van der Waals surface area (Å²) in [6, 6.07) is 13.9. The maximum absolute atomic E-state index is 13.0. The van der Waals surface area contributed by atoms with E-state index in [1.807, 2.05) is 38.1 Å². The van der Waals surface area contributed by atoms with Crippen LogP contribution in [0.5, 0.6) is 5.75 Å². The second kappa shape index (κ2) is 5.85. The summed E-state index contributed by atoms with van der Waals surface area (Å²) in [5.41, 5.74) is 7.91. The van der Waals surface area contributed by atoms with Gasteiger partial charge in [0.15, 0.2) is 0 Å².